The van der Waals surface area contributed by atoms with E-state index in [4.69, 9.17) is 19.2 Å². The minimum absolute atomic E-state index is 0.0617. The van der Waals surface area contributed by atoms with E-state index in [2.05, 4.69) is 54.8 Å². The molecule has 4 saturated heterocycles. The number of carbonyl (C=O) groups is 1. The van der Waals surface area contributed by atoms with Crippen LogP contribution in [0.5, 0.6) is 5.88 Å². The van der Waals surface area contributed by atoms with Crippen LogP contribution < -0.4 is 29.5 Å². The Morgan fingerprint density at radius 1 is 0.872 bits per heavy atom. The summed E-state index contributed by atoms with van der Waals surface area (Å²) in [4.78, 5) is 43.2. The monoisotopic (exact) mass is 1090 g/mol. The number of amides is 1. The third-order valence-electron chi connectivity index (χ3n) is 17.2. The molecule has 3 N–H and O–H groups in total. The Bertz CT molecular complexity index is 3340. The molecule has 3 atom stereocenters. The van der Waals surface area contributed by atoms with Crippen molar-refractivity contribution in [2.75, 3.05) is 85.7 Å². The van der Waals surface area contributed by atoms with Crippen LogP contribution in [0, 0.1) is 28.4 Å². The Morgan fingerprint density at radius 2 is 1.63 bits per heavy atom. The SMILES string of the molecule is Cc1ccccc1[C@@H]1CN(c2ccc(C(F)(F)F)cc2)CCN1C1CC2(CCN(c3ccc(C(=O)NS(=O)(=O)c4ccc(NCC5CCOCC5)c([N+](=O)[O-])c4)c(N4c5cc6cc[nH]c6nc5O[C@H]5COCC[C@@H]54)c3)CC2)C1. The molecule has 12 rings (SSSR count). The van der Waals surface area contributed by atoms with Gasteiger partial charge in [-0.3, -0.25) is 19.8 Å². The van der Waals surface area contributed by atoms with Crippen LogP contribution in [0.1, 0.15) is 78.0 Å². The predicted molar refractivity (Wildman–Crippen MR) is 289 cm³/mol. The number of piperazine rings is 1. The Labute approximate surface area is 450 Å². The lowest BCUT2D eigenvalue weighted by molar-refractivity contribution is -0.384. The van der Waals surface area contributed by atoms with Crippen molar-refractivity contribution >= 4 is 61.1 Å². The van der Waals surface area contributed by atoms with E-state index in [0.29, 0.717) is 74.8 Å². The number of pyridine rings is 1. The maximum absolute atomic E-state index is 14.7. The van der Waals surface area contributed by atoms with Crippen LogP contribution in [0.25, 0.3) is 11.0 Å². The van der Waals surface area contributed by atoms with Gasteiger partial charge in [-0.1, -0.05) is 24.3 Å². The van der Waals surface area contributed by atoms with Crippen LogP contribution in [-0.4, -0.2) is 118 Å². The van der Waals surface area contributed by atoms with Gasteiger partial charge in [-0.05, 0) is 141 Å². The average Bonchev–Trinajstić information content (AvgIpc) is 4.05. The summed E-state index contributed by atoms with van der Waals surface area (Å²) in [7, 11) is -4.64. The normalized spacial score (nSPS) is 22.1. The molecule has 6 aromatic rings. The zero-order chi connectivity index (χ0) is 53.9. The first kappa shape index (κ1) is 51.8. The number of nitrogens with one attached hydrogen (secondary N) is 3. The summed E-state index contributed by atoms with van der Waals surface area (Å²) < 4.78 is 88.9. The van der Waals surface area contributed by atoms with E-state index in [1.54, 1.807) is 24.4 Å². The number of fused-ring (bicyclic) bond motifs is 3. The molecule has 5 fully saturated rings. The van der Waals surface area contributed by atoms with Crippen molar-refractivity contribution in [1.29, 1.82) is 0 Å². The molecule has 410 valence electrons. The van der Waals surface area contributed by atoms with Gasteiger partial charge in [-0.15, -0.1) is 0 Å². The molecular weight excluding hydrogens is 1030 g/mol. The second kappa shape index (κ2) is 20.7. The zero-order valence-electron chi connectivity index (χ0n) is 43.2. The minimum Gasteiger partial charge on any atom is -0.468 e. The number of halogens is 3. The van der Waals surface area contributed by atoms with E-state index < -0.39 is 49.3 Å². The molecule has 0 unspecified atom stereocenters. The lowest BCUT2D eigenvalue weighted by atomic mass is 9.59. The van der Waals surface area contributed by atoms with Gasteiger partial charge in [0.15, 0.2) is 0 Å². The lowest BCUT2D eigenvalue weighted by Gasteiger charge is -2.58. The fraction of sp³-hybridized carbons (Fsp3) is 0.439. The first-order valence-corrected chi connectivity index (χ1v) is 28.4. The number of aryl methyl sites for hydroxylation is 1. The highest BCUT2D eigenvalue weighted by Gasteiger charge is 2.50. The molecule has 1 spiro atoms. The molecule has 21 heteroatoms. The molecule has 6 aliphatic rings. The van der Waals surface area contributed by atoms with E-state index in [1.165, 1.54) is 35.4 Å². The van der Waals surface area contributed by atoms with Crippen molar-refractivity contribution in [3.8, 4) is 5.88 Å². The Morgan fingerprint density at radius 3 is 2.38 bits per heavy atom. The number of alkyl halides is 3. The van der Waals surface area contributed by atoms with Crippen molar-refractivity contribution in [2.24, 2.45) is 11.3 Å². The topological polar surface area (TPSA) is 188 Å². The molecule has 0 radical (unpaired) electrons. The number of piperidine rings is 1. The average molecular weight is 1090 g/mol. The molecule has 4 aromatic carbocycles. The van der Waals surface area contributed by atoms with Gasteiger partial charge in [0.2, 0.25) is 5.88 Å². The number of aromatic nitrogens is 2. The molecule has 2 aromatic heterocycles. The number of nitro benzene ring substituents is 1. The van der Waals surface area contributed by atoms with Gasteiger partial charge in [-0.2, -0.15) is 18.2 Å². The van der Waals surface area contributed by atoms with Crippen molar-refractivity contribution in [3.05, 3.63) is 136 Å². The standard InChI is InChI=1S/C57H62F3N9O8S/c1-36-4-2-3-5-44(36)51-34-66(40-8-6-39(7-9-40)57(58,59)60)23-24-67(51)42-31-56(32-42)18-21-65(22-19-56)41-10-12-45(48(29-41)68-47-17-27-76-35-52(47)77-55-50(68)28-38-14-20-61-53(38)63-55)54(70)64-78(73,74)43-11-13-46(49(30-43)69(71)72)62-33-37-15-25-75-26-16-37/h2-14,20,28-30,37,42,47,51-52,62H,15-19,21-27,31-35H2,1H3,(H,61,63)(H,64,70)/t47-,51-,52-/m0/s1. The molecule has 7 heterocycles. The highest BCUT2D eigenvalue weighted by Crippen LogP contribution is 2.54. The summed E-state index contributed by atoms with van der Waals surface area (Å²) in [6.07, 6.45) is 3.00. The fourth-order valence-electron chi connectivity index (χ4n) is 12.9. The van der Waals surface area contributed by atoms with Crippen LogP contribution in [0.15, 0.2) is 108 Å². The number of carbonyl (C=O) groups excluding carboxylic acids is 1. The minimum atomic E-state index is -4.64. The molecule has 1 saturated carbocycles. The van der Waals surface area contributed by atoms with Crippen LogP contribution >= 0.6 is 0 Å². The third-order valence-corrected chi connectivity index (χ3v) is 18.6. The highest BCUT2D eigenvalue weighted by molar-refractivity contribution is 7.90. The highest BCUT2D eigenvalue weighted by atomic mass is 32.2. The first-order chi connectivity index (χ1) is 37.6. The van der Waals surface area contributed by atoms with Crippen molar-refractivity contribution < 1.29 is 45.5 Å². The van der Waals surface area contributed by atoms with Crippen LogP contribution in [0.3, 0.4) is 0 Å². The van der Waals surface area contributed by atoms with Gasteiger partial charge in [0.1, 0.15) is 23.1 Å². The molecule has 5 aliphatic heterocycles. The van der Waals surface area contributed by atoms with Crippen LogP contribution in [0.4, 0.5) is 47.3 Å². The summed E-state index contributed by atoms with van der Waals surface area (Å²) in [5.74, 6) is -0.324. The smallest absolute Gasteiger partial charge is 0.416 e. The summed E-state index contributed by atoms with van der Waals surface area (Å²) in [6.45, 7) is 8.14. The third kappa shape index (κ3) is 10.1. The van der Waals surface area contributed by atoms with Crippen molar-refractivity contribution in [1.82, 2.24) is 19.6 Å². The predicted octanol–water partition coefficient (Wildman–Crippen LogP) is 9.76. The van der Waals surface area contributed by atoms with Gasteiger partial charge < -0.3 is 39.2 Å². The quantitative estimate of drug-likeness (QED) is 0.0776. The van der Waals surface area contributed by atoms with Gasteiger partial charge in [0, 0.05) is 94.2 Å². The van der Waals surface area contributed by atoms with Crippen molar-refractivity contribution in [2.45, 2.75) is 87.2 Å². The van der Waals surface area contributed by atoms with Crippen molar-refractivity contribution in [3.63, 3.8) is 0 Å². The summed E-state index contributed by atoms with van der Waals surface area (Å²) in [5.41, 5.74) is 5.04. The van der Waals surface area contributed by atoms with Crippen LogP contribution in [-0.2, 0) is 25.7 Å². The number of rotatable bonds is 12. The molecular formula is C57H62F3N9O8S. The zero-order valence-corrected chi connectivity index (χ0v) is 44.0. The van der Waals surface area contributed by atoms with Gasteiger partial charge in [0.05, 0.1) is 45.3 Å². The van der Waals surface area contributed by atoms with E-state index in [1.807, 2.05) is 35.2 Å². The lowest BCUT2D eigenvalue weighted by Crippen LogP contribution is -2.60. The number of nitro groups is 1. The number of hydrogen-bond acceptors (Lipinski definition) is 14. The number of benzene rings is 4. The summed E-state index contributed by atoms with van der Waals surface area (Å²) >= 11 is 0. The molecule has 78 heavy (non-hydrogen) atoms. The fourth-order valence-corrected chi connectivity index (χ4v) is 13.9. The summed E-state index contributed by atoms with van der Waals surface area (Å²) in [6, 6.07) is 26.9. The molecule has 17 nitrogen and oxygen atoms in total. The Kier molecular flexibility index (Phi) is 13.7. The number of H-pyrrole nitrogens is 1. The maximum atomic E-state index is 14.7. The van der Waals surface area contributed by atoms with Crippen LogP contribution in [0.2, 0.25) is 0 Å². The Balaban J connectivity index is 0.803. The number of nitrogens with zero attached hydrogens (tertiary/aromatic N) is 6. The number of sulfonamides is 1. The number of ether oxygens (including phenoxy) is 3. The van der Waals surface area contributed by atoms with E-state index in [0.717, 1.165) is 81.0 Å². The molecule has 1 amide bonds. The Hall–Kier alpha value is -6.94. The number of hydrogen-bond donors (Lipinski definition) is 3. The maximum Gasteiger partial charge on any atom is 0.416 e. The van der Waals surface area contributed by atoms with E-state index in [-0.39, 0.29) is 41.3 Å². The first-order valence-electron chi connectivity index (χ1n) is 26.9. The number of anilines is 5. The van der Waals surface area contributed by atoms with E-state index >= 15 is 0 Å². The molecule has 1 aliphatic carbocycles. The van der Waals surface area contributed by atoms with Gasteiger partial charge in [0.25, 0.3) is 21.6 Å². The second-order valence-corrected chi connectivity index (χ2v) is 23.5. The summed E-state index contributed by atoms with van der Waals surface area (Å²) in [5, 5.41) is 16.3. The largest absolute Gasteiger partial charge is 0.468 e. The van der Waals surface area contributed by atoms with Gasteiger partial charge >= 0.3 is 6.18 Å². The second-order valence-electron chi connectivity index (χ2n) is 21.8. The van der Waals surface area contributed by atoms with Gasteiger partial charge in [-0.25, -0.2) is 13.1 Å². The number of aromatic amines is 1. The van der Waals surface area contributed by atoms with E-state index in [9.17, 15) is 36.5 Å². The molecule has 0 bridgehead atoms.